The van der Waals surface area contributed by atoms with Gasteiger partial charge >= 0.3 is 6.09 Å². The number of carbonyl (C=O) groups excluding carboxylic acids is 1. The molecule has 2 heterocycles. The highest BCUT2D eigenvalue weighted by Crippen LogP contribution is 2.29. The number of halogens is 2. The number of hydrogen-bond donors (Lipinski definition) is 1. The van der Waals surface area contributed by atoms with Gasteiger partial charge in [-0.25, -0.2) is 13.9 Å². The molecule has 0 radical (unpaired) electrons. The minimum atomic E-state index is -0.549. The van der Waals surface area contributed by atoms with Crippen molar-refractivity contribution in [2.24, 2.45) is 0 Å². The van der Waals surface area contributed by atoms with Crippen LogP contribution < -0.4 is 10.2 Å². The first-order chi connectivity index (χ1) is 18.0. The van der Waals surface area contributed by atoms with Gasteiger partial charge in [-0.2, -0.15) is 0 Å². The van der Waals surface area contributed by atoms with E-state index < -0.39 is 18.0 Å². The Labute approximate surface area is 214 Å². The average molecular weight is 516 g/mol. The SMILES string of the molecule is COCc1nnn(C[C@H]2CN(c3ccc(-c4ccc(CNCCCF)cc4)c(F)c3)C(=O)O2)c1COC. The van der Waals surface area contributed by atoms with Crippen LogP contribution >= 0.6 is 0 Å². The van der Waals surface area contributed by atoms with Gasteiger partial charge in [-0.15, -0.1) is 5.10 Å². The second kappa shape index (κ2) is 12.7. The van der Waals surface area contributed by atoms with E-state index in [4.69, 9.17) is 14.2 Å². The number of benzene rings is 2. The summed E-state index contributed by atoms with van der Waals surface area (Å²) in [5.41, 5.74) is 4.00. The number of alkyl halides is 1. The normalized spacial score (nSPS) is 15.4. The van der Waals surface area contributed by atoms with Crippen LogP contribution in [0.3, 0.4) is 0 Å². The first-order valence-electron chi connectivity index (χ1n) is 12.1. The minimum Gasteiger partial charge on any atom is -0.442 e. The molecule has 1 atom stereocenters. The summed E-state index contributed by atoms with van der Waals surface area (Å²) in [6.07, 6.45) is -0.563. The number of aromatic nitrogens is 3. The largest absolute Gasteiger partial charge is 0.442 e. The van der Waals surface area contributed by atoms with Crippen molar-refractivity contribution in [1.82, 2.24) is 20.3 Å². The Morgan fingerprint density at radius 1 is 1.14 bits per heavy atom. The van der Waals surface area contributed by atoms with Gasteiger partial charge in [0.2, 0.25) is 0 Å². The molecule has 0 unspecified atom stereocenters. The summed E-state index contributed by atoms with van der Waals surface area (Å²) in [5, 5.41) is 11.4. The fourth-order valence-electron chi connectivity index (χ4n) is 4.21. The van der Waals surface area contributed by atoms with Crippen LogP contribution in [0.25, 0.3) is 11.1 Å². The molecule has 1 aromatic heterocycles. The highest BCUT2D eigenvalue weighted by atomic mass is 19.1. The van der Waals surface area contributed by atoms with Gasteiger partial charge in [0.15, 0.2) is 0 Å². The third-order valence-corrected chi connectivity index (χ3v) is 6.08. The molecule has 4 rings (SSSR count). The average Bonchev–Trinajstić information content (AvgIpc) is 3.45. The van der Waals surface area contributed by atoms with Gasteiger partial charge in [-0.1, -0.05) is 29.5 Å². The quantitative estimate of drug-likeness (QED) is 0.346. The van der Waals surface area contributed by atoms with E-state index in [2.05, 4.69) is 15.6 Å². The van der Waals surface area contributed by atoms with Gasteiger partial charge < -0.3 is 19.5 Å². The van der Waals surface area contributed by atoms with E-state index in [0.717, 1.165) is 16.8 Å². The van der Waals surface area contributed by atoms with Gasteiger partial charge in [0.1, 0.15) is 17.6 Å². The molecule has 1 aliphatic rings. The van der Waals surface area contributed by atoms with Gasteiger partial charge in [0, 0.05) is 26.3 Å². The number of nitrogens with one attached hydrogen (secondary N) is 1. The molecule has 37 heavy (non-hydrogen) atoms. The van der Waals surface area contributed by atoms with Crippen molar-refractivity contribution in [3.63, 3.8) is 0 Å². The van der Waals surface area contributed by atoms with Crippen LogP contribution in [0.2, 0.25) is 0 Å². The summed E-state index contributed by atoms with van der Waals surface area (Å²) in [6, 6.07) is 12.2. The van der Waals surface area contributed by atoms with E-state index in [1.165, 1.54) is 11.0 Å². The second-order valence-electron chi connectivity index (χ2n) is 8.73. The number of ether oxygens (including phenoxy) is 3. The van der Waals surface area contributed by atoms with E-state index in [0.29, 0.717) is 49.7 Å². The fourth-order valence-corrected chi connectivity index (χ4v) is 4.21. The molecule has 0 spiro atoms. The zero-order chi connectivity index (χ0) is 26.2. The number of anilines is 1. The highest BCUT2D eigenvalue weighted by Gasteiger charge is 2.34. The van der Waals surface area contributed by atoms with E-state index in [-0.39, 0.29) is 19.8 Å². The Hall–Kier alpha value is -3.41. The Morgan fingerprint density at radius 3 is 2.62 bits per heavy atom. The molecule has 11 heteroatoms. The lowest BCUT2D eigenvalue weighted by Crippen LogP contribution is -2.26. The van der Waals surface area contributed by atoms with Gasteiger partial charge in [-0.3, -0.25) is 9.29 Å². The van der Waals surface area contributed by atoms with Crippen molar-refractivity contribution in [2.45, 2.75) is 38.8 Å². The molecule has 1 aliphatic heterocycles. The Morgan fingerprint density at radius 2 is 1.92 bits per heavy atom. The van der Waals surface area contributed by atoms with Crippen molar-refractivity contribution >= 4 is 11.8 Å². The summed E-state index contributed by atoms with van der Waals surface area (Å²) < 4.78 is 44.9. The lowest BCUT2D eigenvalue weighted by molar-refractivity contribution is 0.124. The summed E-state index contributed by atoms with van der Waals surface area (Å²) in [6.45, 7) is 2.00. The number of cyclic esters (lactones) is 1. The van der Waals surface area contributed by atoms with E-state index in [9.17, 15) is 9.18 Å². The summed E-state index contributed by atoms with van der Waals surface area (Å²) in [5.74, 6) is -0.439. The van der Waals surface area contributed by atoms with Crippen LogP contribution in [0.15, 0.2) is 42.5 Å². The number of hydrogen-bond acceptors (Lipinski definition) is 7. The number of carbonyl (C=O) groups is 1. The van der Waals surface area contributed by atoms with Crippen LogP contribution in [-0.4, -0.2) is 61.2 Å². The lowest BCUT2D eigenvalue weighted by atomic mass is 10.0. The van der Waals surface area contributed by atoms with Crippen LogP contribution in [0.5, 0.6) is 0 Å². The molecule has 1 amide bonds. The predicted molar refractivity (Wildman–Crippen MR) is 133 cm³/mol. The zero-order valence-electron chi connectivity index (χ0n) is 21.0. The van der Waals surface area contributed by atoms with Crippen molar-refractivity contribution in [3.05, 3.63) is 65.2 Å². The van der Waals surface area contributed by atoms with Crippen LogP contribution in [0.1, 0.15) is 23.4 Å². The van der Waals surface area contributed by atoms with Crippen LogP contribution in [0.4, 0.5) is 19.3 Å². The smallest absolute Gasteiger partial charge is 0.414 e. The van der Waals surface area contributed by atoms with Crippen LogP contribution in [0, 0.1) is 5.82 Å². The van der Waals surface area contributed by atoms with Gasteiger partial charge in [0.05, 0.1) is 44.4 Å². The molecule has 0 saturated carbocycles. The molecule has 2 aromatic carbocycles. The highest BCUT2D eigenvalue weighted by molar-refractivity contribution is 5.90. The molecule has 0 bridgehead atoms. The number of amides is 1. The molecule has 1 N–H and O–H groups in total. The van der Waals surface area contributed by atoms with Crippen molar-refractivity contribution in [2.75, 3.05) is 38.9 Å². The van der Waals surface area contributed by atoms with Crippen molar-refractivity contribution < 1.29 is 27.8 Å². The summed E-state index contributed by atoms with van der Waals surface area (Å²) >= 11 is 0. The van der Waals surface area contributed by atoms with Crippen molar-refractivity contribution in [3.8, 4) is 11.1 Å². The maximum atomic E-state index is 15.1. The third-order valence-electron chi connectivity index (χ3n) is 6.08. The van der Waals surface area contributed by atoms with Gasteiger partial charge in [0.25, 0.3) is 0 Å². The van der Waals surface area contributed by atoms with Crippen LogP contribution in [-0.2, 0) is 40.5 Å². The monoisotopic (exact) mass is 515 g/mol. The Balaban J connectivity index is 1.41. The molecule has 3 aromatic rings. The first kappa shape index (κ1) is 26.6. The van der Waals surface area contributed by atoms with Gasteiger partial charge in [-0.05, 0) is 42.3 Å². The minimum absolute atomic E-state index is 0.244. The van der Waals surface area contributed by atoms with E-state index >= 15 is 4.39 Å². The first-order valence-corrected chi connectivity index (χ1v) is 12.1. The molecule has 9 nitrogen and oxygen atoms in total. The molecular formula is C26H31F2N5O4. The van der Waals surface area contributed by atoms with Crippen molar-refractivity contribution in [1.29, 1.82) is 0 Å². The van der Waals surface area contributed by atoms with E-state index in [1.54, 1.807) is 31.0 Å². The summed E-state index contributed by atoms with van der Waals surface area (Å²) in [7, 11) is 3.15. The lowest BCUT2D eigenvalue weighted by Gasteiger charge is -2.15. The summed E-state index contributed by atoms with van der Waals surface area (Å²) in [4.78, 5) is 14.0. The molecule has 0 aliphatic carbocycles. The predicted octanol–water partition coefficient (Wildman–Crippen LogP) is 3.85. The molecule has 1 saturated heterocycles. The zero-order valence-corrected chi connectivity index (χ0v) is 21.0. The third kappa shape index (κ3) is 6.48. The number of nitrogens with zero attached hydrogens (tertiary/aromatic N) is 4. The topological polar surface area (TPSA) is 90.7 Å². The molecule has 1 fully saturated rings. The fraction of sp³-hybridized carbons (Fsp3) is 0.423. The molecule has 198 valence electrons. The Bertz CT molecular complexity index is 1190. The number of methoxy groups -OCH3 is 2. The maximum absolute atomic E-state index is 15.1. The Kier molecular flexibility index (Phi) is 9.15. The van der Waals surface area contributed by atoms with E-state index in [1.807, 2.05) is 24.3 Å². The number of rotatable bonds is 13. The molecular weight excluding hydrogens is 484 g/mol. The standard InChI is InChI=1S/C26H31F2N5O4/c1-35-16-24-25(17-36-2)33(31-30-24)15-21-14-32(26(34)37-21)20-8-9-22(23(28)12-20)19-6-4-18(5-7-19)13-29-11-3-10-27/h4-9,12,21,29H,3,10-11,13-17H2,1-2H3/t21-/m1/s1. The maximum Gasteiger partial charge on any atom is 0.414 e. The second-order valence-corrected chi connectivity index (χ2v) is 8.73.